The molecule has 2 nitrogen and oxygen atoms in total. The highest BCUT2D eigenvalue weighted by atomic mass is 32.2. The molecule has 1 aliphatic carbocycles. The summed E-state index contributed by atoms with van der Waals surface area (Å²) >= 11 is 1.92. The van der Waals surface area contributed by atoms with Crippen LogP contribution in [0.15, 0.2) is 0 Å². The third-order valence-electron chi connectivity index (χ3n) is 2.21. The maximum absolute atomic E-state index is 8.92. The molecule has 0 saturated heterocycles. The molecule has 0 amide bonds. The lowest BCUT2D eigenvalue weighted by Gasteiger charge is -2.16. The van der Waals surface area contributed by atoms with E-state index in [2.05, 4.69) is 13.8 Å². The molecule has 11 heavy (non-hydrogen) atoms. The summed E-state index contributed by atoms with van der Waals surface area (Å²) in [7, 11) is 0. The fourth-order valence-electron chi connectivity index (χ4n) is 1.50. The Bertz CT molecular complexity index is 140. The number of nitrogens with two attached hydrogens (primary N) is 1. The van der Waals surface area contributed by atoms with E-state index in [1.165, 1.54) is 0 Å². The van der Waals surface area contributed by atoms with Crippen molar-refractivity contribution in [3.63, 3.8) is 0 Å². The molecule has 66 valence electrons. The van der Waals surface area contributed by atoms with Crippen LogP contribution >= 0.6 is 11.8 Å². The first-order chi connectivity index (χ1) is 5.14. The molecule has 1 fully saturated rings. The van der Waals surface area contributed by atoms with Crippen molar-refractivity contribution < 1.29 is 5.11 Å². The number of aliphatic hydroxyl groups is 1. The molecule has 0 aliphatic heterocycles. The van der Waals surface area contributed by atoms with Crippen LogP contribution in [0.5, 0.6) is 0 Å². The minimum absolute atomic E-state index is 0.225. The second-order valence-electron chi connectivity index (χ2n) is 3.52. The first kappa shape index (κ1) is 9.36. The second-order valence-corrected chi connectivity index (χ2v) is 5.51. The Morgan fingerprint density at radius 3 is 2.64 bits per heavy atom. The smallest absolute Gasteiger partial charge is 0.0473 e. The van der Waals surface area contributed by atoms with Gasteiger partial charge in [0.25, 0.3) is 0 Å². The van der Waals surface area contributed by atoms with Gasteiger partial charge in [-0.1, -0.05) is 13.8 Å². The standard InChI is InChI=1S/C8H17NOS/c1-6(2)11-8(5-9)3-7(8)4-10/h6-7,10H,3-5,9H2,1-2H3. The van der Waals surface area contributed by atoms with Crippen LogP contribution < -0.4 is 5.73 Å². The largest absolute Gasteiger partial charge is 0.396 e. The third kappa shape index (κ3) is 1.89. The van der Waals surface area contributed by atoms with Gasteiger partial charge in [0.1, 0.15) is 0 Å². The minimum atomic E-state index is 0.225. The molecule has 0 spiro atoms. The molecule has 0 heterocycles. The van der Waals surface area contributed by atoms with Gasteiger partial charge in [-0.3, -0.25) is 0 Å². The Hall–Kier alpha value is 0.270. The summed E-state index contributed by atoms with van der Waals surface area (Å²) in [5.41, 5.74) is 5.65. The predicted octanol–water partition coefficient (Wildman–Crippen LogP) is 0.838. The predicted molar refractivity (Wildman–Crippen MR) is 49.7 cm³/mol. The van der Waals surface area contributed by atoms with Gasteiger partial charge in [0.05, 0.1) is 0 Å². The summed E-state index contributed by atoms with van der Waals surface area (Å²) in [6, 6.07) is 0. The van der Waals surface area contributed by atoms with Crippen LogP contribution in [0.2, 0.25) is 0 Å². The molecule has 3 heteroatoms. The number of hydrogen-bond acceptors (Lipinski definition) is 3. The fourth-order valence-corrected chi connectivity index (χ4v) is 3.10. The third-order valence-corrected chi connectivity index (χ3v) is 3.82. The molecular weight excluding hydrogens is 158 g/mol. The number of rotatable bonds is 4. The van der Waals surface area contributed by atoms with Gasteiger partial charge in [-0.15, -0.1) is 0 Å². The van der Waals surface area contributed by atoms with Crippen LogP contribution in [-0.2, 0) is 0 Å². The van der Waals surface area contributed by atoms with E-state index in [4.69, 9.17) is 10.8 Å². The van der Waals surface area contributed by atoms with Crippen LogP contribution in [-0.4, -0.2) is 28.3 Å². The molecule has 3 N–H and O–H groups in total. The number of thioether (sulfide) groups is 1. The first-order valence-corrected chi connectivity index (χ1v) is 5.01. The molecular formula is C8H17NOS. The van der Waals surface area contributed by atoms with E-state index in [1.807, 2.05) is 11.8 Å². The molecule has 1 saturated carbocycles. The molecule has 0 aromatic rings. The van der Waals surface area contributed by atoms with Crippen LogP contribution in [0.3, 0.4) is 0 Å². The maximum Gasteiger partial charge on any atom is 0.0473 e. The van der Waals surface area contributed by atoms with Crippen molar-refractivity contribution in [1.29, 1.82) is 0 Å². The van der Waals surface area contributed by atoms with Crippen molar-refractivity contribution in [3.8, 4) is 0 Å². The van der Waals surface area contributed by atoms with E-state index in [9.17, 15) is 0 Å². The van der Waals surface area contributed by atoms with Gasteiger partial charge in [-0.05, 0) is 17.6 Å². The van der Waals surface area contributed by atoms with E-state index in [-0.39, 0.29) is 4.75 Å². The SMILES string of the molecule is CC(C)SC1(CN)CC1CO. The van der Waals surface area contributed by atoms with Crippen molar-refractivity contribution in [3.05, 3.63) is 0 Å². The Morgan fingerprint density at radius 1 is 1.73 bits per heavy atom. The Labute approximate surface area is 72.5 Å². The Kier molecular flexibility index (Phi) is 2.84. The molecule has 1 aliphatic rings. The average molecular weight is 175 g/mol. The van der Waals surface area contributed by atoms with Crippen molar-refractivity contribution in [1.82, 2.24) is 0 Å². The summed E-state index contributed by atoms with van der Waals surface area (Å²) < 4.78 is 0.225. The molecule has 0 bridgehead atoms. The van der Waals surface area contributed by atoms with Gasteiger partial charge in [0.2, 0.25) is 0 Å². The van der Waals surface area contributed by atoms with Gasteiger partial charge < -0.3 is 10.8 Å². The fraction of sp³-hybridized carbons (Fsp3) is 1.00. The lowest BCUT2D eigenvalue weighted by molar-refractivity contribution is 0.272. The molecule has 2 atom stereocenters. The van der Waals surface area contributed by atoms with Crippen molar-refractivity contribution in [2.24, 2.45) is 11.7 Å². The molecule has 1 rings (SSSR count). The molecule has 2 unspecified atom stereocenters. The van der Waals surface area contributed by atoms with Gasteiger partial charge in [-0.25, -0.2) is 0 Å². The van der Waals surface area contributed by atoms with Crippen molar-refractivity contribution in [2.75, 3.05) is 13.2 Å². The van der Waals surface area contributed by atoms with Crippen molar-refractivity contribution >= 4 is 11.8 Å². The van der Waals surface area contributed by atoms with E-state index < -0.39 is 0 Å². The lowest BCUT2D eigenvalue weighted by Crippen LogP contribution is -2.23. The highest BCUT2D eigenvalue weighted by Crippen LogP contribution is 2.54. The summed E-state index contributed by atoms with van der Waals surface area (Å²) in [6.07, 6.45) is 1.10. The normalized spacial score (nSPS) is 36.3. The highest BCUT2D eigenvalue weighted by Gasteiger charge is 2.53. The van der Waals surface area contributed by atoms with Crippen LogP contribution in [0.4, 0.5) is 0 Å². The van der Waals surface area contributed by atoms with E-state index >= 15 is 0 Å². The van der Waals surface area contributed by atoms with E-state index in [1.54, 1.807) is 0 Å². The lowest BCUT2D eigenvalue weighted by atomic mass is 10.3. The Balaban J connectivity index is 2.39. The summed E-state index contributed by atoms with van der Waals surface area (Å²) in [5.74, 6) is 0.458. The Morgan fingerprint density at radius 2 is 2.36 bits per heavy atom. The molecule has 0 aromatic heterocycles. The van der Waals surface area contributed by atoms with Crippen LogP contribution in [0, 0.1) is 5.92 Å². The monoisotopic (exact) mass is 175 g/mol. The quantitative estimate of drug-likeness (QED) is 0.665. The van der Waals surface area contributed by atoms with Crippen LogP contribution in [0.25, 0.3) is 0 Å². The zero-order valence-corrected chi connectivity index (χ0v) is 8.03. The van der Waals surface area contributed by atoms with Crippen LogP contribution in [0.1, 0.15) is 20.3 Å². The minimum Gasteiger partial charge on any atom is -0.396 e. The number of hydrogen-bond donors (Lipinski definition) is 2. The highest BCUT2D eigenvalue weighted by molar-refractivity contribution is 8.01. The van der Waals surface area contributed by atoms with Gasteiger partial charge in [0, 0.05) is 17.9 Å². The second kappa shape index (κ2) is 3.33. The summed E-state index contributed by atoms with van der Waals surface area (Å²) in [5, 5.41) is 9.54. The van der Waals surface area contributed by atoms with Gasteiger partial charge in [0.15, 0.2) is 0 Å². The van der Waals surface area contributed by atoms with Gasteiger partial charge >= 0.3 is 0 Å². The average Bonchev–Trinajstić information content (AvgIpc) is 2.62. The first-order valence-electron chi connectivity index (χ1n) is 4.13. The van der Waals surface area contributed by atoms with E-state index in [0.29, 0.717) is 24.3 Å². The maximum atomic E-state index is 8.92. The van der Waals surface area contributed by atoms with Crippen molar-refractivity contribution in [2.45, 2.75) is 30.3 Å². The topological polar surface area (TPSA) is 46.2 Å². The summed E-state index contributed by atoms with van der Waals surface area (Å²) in [4.78, 5) is 0. The molecule has 0 radical (unpaired) electrons. The molecule has 0 aromatic carbocycles. The summed E-state index contributed by atoms with van der Waals surface area (Å²) in [6.45, 7) is 5.36. The zero-order chi connectivity index (χ0) is 8.48. The zero-order valence-electron chi connectivity index (χ0n) is 7.21. The number of aliphatic hydroxyl groups excluding tert-OH is 1. The van der Waals surface area contributed by atoms with Gasteiger partial charge in [-0.2, -0.15) is 11.8 Å². The van der Waals surface area contributed by atoms with E-state index in [0.717, 1.165) is 6.42 Å².